The van der Waals surface area contributed by atoms with Crippen molar-refractivity contribution in [2.45, 2.75) is 31.3 Å². The lowest BCUT2D eigenvalue weighted by molar-refractivity contribution is -0.274. The van der Waals surface area contributed by atoms with Crippen LogP contribution >= 0.6 is 0 Å². The molecule has 0 radical (unpaired) electrons. The van der Waals surface area contributed by atoms with Gasteiger partial charge in [-0.05, 0) is 43.6 Å². The Morgan fingerprint density at radius 1 is 1.25 bits per heavy atom. The standard InChI is InChI=1S/C16H21F3N2O3/c1-21(14(22)15(23-2)7-9-20-10-8-15)11-12-3-5-13(6-4-12)24-16(17,18)19/h3-6,20H,7-11H2,1-2H3. The highest BCUT2D eigenvalue weighted by Crippen LogP contribution is 2.26. The van der Waals surface area contributed by atoms with E-state index in [0.29, 0.717) is 31.5 Å². The van der Waals surface area contributed by atoms with Crippen LogP contribution in [0.3, 0.4) is 0 Å². The van der Waals surface area contributed by atoms with Crippen LogP contribution in [0.5, 0.6) is 5.75 Å². The zero-order valence-corrected chi connectivity index (χ0v) is 13.7. The summed E-state index contributed by atoms with van der Waals surface area (Å²) in [5.41, 5.74) is -0.125. The topological polar surface area (TPSA) is 50.8 Å². The fraction of sp³-hybridized carbons (Fsp3) is 0.562. The molecule has 1 fully saturated rings. The molecule has 1 aliphatic heterocycles. The Morgan fingerprint density at radius 3 is 2.33 bits per heavy atom. The van der Waals surface area contributed by atoms with Gasteiger partial charge in [-0.3, -0.25) is 4.79 Å². The Labute approximate surface area is 138 Å². The Balaban J connectivity index is 2.00. The SMILES string of the molecule is COC1(C(=O)N(C)Cc2ccc(OC(F)(F)F)cc2)CCNCC1. The summed E-state index contributed by atoms with van der Waals surface area (Å²) in [6.07, 6.45) is -3.54. The summed E-state index contributed by atoms with van der Waals surface area (Å²) in [7, 11) is 3.19. The molecule has 2 rings (SSSR count). The molecule has 0 saturated carbocycles. The minimum Gasteiger partial charge on any atom is -0.406 e. The van der Waals surface area contributed by atoms with Gasteiger partial charge in [0, 0.05) is 20.7 Å². The Morgan fingerprint density at radius 2 is 1.83 bits per heavy atom. The van der Waals surface area contributed by atoms with Gasteiger partial charge in [-0.25, -0.2) is 0 Å². The van der Waals surface area contributed by atoms with E-state index >= 15 is 0 Å². The lowest BCUT2D eigenvalue weighted by Gasteiger charge is -2.37. The van der Waals surface area contributed by atoms with Crippen LogP contribution in [0, 0.1) is 0 Å². The van der Waals surface area contributed by atoms with Crippen molar-refractivity contribution in [3.05, 3.63) is 29.8 Å². The van der Waals surface area contributed by atoms with E-state index in [2.05, 4.69) is 10.1 Å². The molecular formula is C16H21F3N2O3. The fourth-order valence-corrected chi connectivity index (χ4v) is 2.83. The minimum atomic E-state index is -4.71. The van der Waals surface area contributed by atoms with Crippen molar-refractivity contribution in [1.82, 2.24) is 10.2 Å². The zero-order chi connectivity index (χ0) is 17.8. The summed E-state index contributed by atoms with van der Waals surface area (Å²) in [6, 6.07) is 5.48. The van der Waals surface area contributed by atoms with Crippen LogP contribution in [0.25, 0.3) is 0 Å². The molecule has 1 saturated heterocycles. The predicted molar refractivity (Wildman–Crippen MR) is 81.4 cm³/mol. The molecule has 1 aromatic rings. The van der Waals surface area contributed by atoms with Crippen LogP contribution < -0.4 is 10.1 Å². The molecule has 0 aromatic heterocycles. The van der Waals surface area contributed by atoms with Crippen LogP contribution in [-0.4, -0.2) is 50.0 Å². The lowest BCUT2D eigenvalue weighted by atomic mass is 9.90. The Kier molecular flexibility index (Phi) is 5.71. The number of halogens is 3. The van der Waals surface area contributed by atoms with E-state index < -0.39 is 12.0 Å². The first kappa shape index (κ1) is 18.5. The first-order valence-corrected chi connectivity index (χ1v) is 7.62. The number of methoxy groups -OCH3 is 1. The summed E-state index contributed by atoms with van der Waals surface area (Å²) >= 11 is 0. The monoisotopic (exact) mass is 346 g/mol. The van der Waals surface area contributed by atoms with Gasteiger partial charge in [0.25, 0.3) is 5.91 Å². The van der Waals surface area contributed by atoms with E-state index in [1.165, 1.54) is 36.3 Å². The predicted octanol–water partition coefficient (Wildman–Crippen LogP) is 2.31. The number of nitrogens with one attached hydrogen (secondary N) is 1. The quantitative estimate of drug-likeness (QED) is 0.889. The molecule has 24 heavy (non-hydrogen) atoms. The molecule has 5 nitrogen and oxygen atoms in total. The molecular weight excluding hydrogens is 325 g/mol. The molecule has 1 amide bonds. The molecule has 1 heterocycles. The number of alkyl halides is 3. The van der Waals surface area contributed by atoms with Gasteiger partial charge in [0.2, 0.25) is 0 Å². The maximum Gasteiger partial charge on any atom is 0.573 e. The number of likely N-dealkylation sites (N-methyl/N-ethyl adjacent to an activating group) is 1. The van der Waals surface area contributed by atoms with Crippen molar-refractivity contribution in [2.75, 3.05) is 27.2 Å². The molecule has 0 atom stereocenters. The maximum absolute atomic E-state index is 12.7. The molecule has 0 aliphatic carbocycles. The van der Waals surface area contributed by atoms with Crippen molar-refractivity contribution >= 4 is 5.91 Å². The summed E-state index contributed by atoms with van der Waals surface area (Å²) in [5.74, 6) is -0.408. The van der Waals surface area contributed by atoms with Crippen molar-refractivity contribution in [3.63, 3.8) is 0 Å². The number of ether oxygens (including phenoxy) is 2. The van der Waals surface area contributed by atoms with E-state index in [9.17, 15) is 18.0 Å². The molecule has 0 bridgehead atoms. The number of benzene rings is 1. The van der Waals surface area contributed by atoms with Gasteiger partial charge >= 0.3 is 6.36 Å². The smallest absolute Gasteiger partial charge is 0.406 e. The number of hydrogen-bond acceptors (Lipinski definition) is 4. The number of carbonyl (C=O) groups excluding carboxylic acids is 1. The number of carbonyl (C=O) groups is 1. The lowest BCUT2D eigenvalue weighted by Crippen LogP contribution is -2.54. The average Bonchev–Trinajstić information content (AvgIpc) is 2.55. The van der Waals surface area contributed by atoms with E-state index in [1.807, 2.05) is 0 Å². The van der Waals surface area contributed by atoms with Gasteiger partial charge in [-0.2, -0.15) is 0 Å². The van der Waals surface area contributed by atoms with E-state index in [4.69, 9.17) is 4.74 Å². The molecule has 134 valence electrons. The number of hydrogen-bond donors (Lipinski definition) is 1. The Bertz CT molecular complexity index is 555. The zero-order valence-electron chi connectivity index (χ0n) is 13.7. The summed E-state index contributed by atoms with van der Waals surface area (Å²) in [4.78, 5) is 14.2. The van der Waals surface area contributed by atoms with E-state index in [1.54, 1.807) is 7.05 Å². The number of amides is 1. The second kappa shape index (κ2) is 7.40. The van der Waals surface area contributed by atoms with Gasteiger partial charge in [0.1, 0.15) is 11.4 Å². The third-order valence-corrected chi connectivity index (χ3v) is 4.12. The highest BCUT2D eigenvalue weighted by atomic mass is 19.4. The minimum absolute atomic E-state index is 0.123. The molecule has 1 aliphatic rings. The van der Waals surface area contributed by atoms with Crippen molar-refractivity contribution in [2.24, 2.45) is 0 Å². The highest BCUT2D eigenvalue weighted by Gasteiger charge is 2.41. The number of rotatable bonds is 5. The van der Waals surface area contributed by atoms with E-state index in [-0.39, 0.29) is 18.2 Å². The summed E-state index contributed by atoms with van der Waals surface area (Å²) < 4.78 is 45.8. The first-order valence-electron chi connectivity index (χ1n) is 7.62. The van der Waals surface area contributed by atoms with Crippen LogP contribution in [0.15, 0.2) is 24.3 Å². The normalized spacial score (nSPS) is 17.4. The maximum atomic E-state index is 12.7. The van der Waals surface area contributed by atoms with Crippen molar-refractivity contribution in [1.29, 1.82) is 0 Å². The molecule has 1 N–H and O–H groups in total. The summed E-state index contributed by atoms with van der Waals surface area (Å²) in [5, 5.41) is 3.19. The molecule has 8 heteroatoms. The van der Waals surface area contributed by atoms with Gasteiger partial charge in [-0.1, -0.05) is 12.1 Å². The van der Waals surface area contributed by atoms with Crippen LogP contribution in [0.2, 0.25) is 0 Å². The third kappa shape index (κ3) is 4.61. The largest absolute Gasteiger partial charge is 0.573 e. The van der Waals surface area contributed by atoms with Gasteiger partial charge in [0.15, 0.2) is 0 Å². The van der Waals surface area contributed by atoms with Crippen LogP contribution in [0.1, 0.15) is 18.4 Å². The van der Waals surface area contributed by atoms with Gasteiger partial charge < -0.3 is 19.7 Å². The number of nitrogens with zero attached hydrogens (tertiary/aromatic N) is 1. The van der Waals surface area contributed by atoms with Crippen LogP contribution in [0.4, 0.5) is 13.2 Å². The third-order valence-electron chi connectivity index (χ3n) is 4.12. The van der Waals surface area contributed by atoms with Gasteiger partial charge in [0.05, 0.1) is 0 Å². The van der Waals surface area contributed by atoms with Crippen molar-refractivity contribution < 1.29 is 27.4 Å². The van der Waals surface area contributed by atoms with Gasteiger partial charge in [-0.15, -0.1) is 13.2 Å². The van der Waals surface area contributed by atoms with Crippen LogP contribution in [-0.2, 0) is 16.1 Å². The highest BCUT2D eigenvalue weighted by molar-refractivity contribution is 5.85. The fourth-order valence-electron chi connectivity index (χ4n) is 2.83. The summed E-state index contributed by atoms with van der Waals surface area (Å²) in [6.45, 7) is 1.69. The average molecular weight is 346 g/mol. The van der Waals surface area contributed by atoms with E-state index in [0.717, 1.165) is 0 Å². The second-order valence-electron chi connectivity index (χ2n) is 5.80. The molecule has 0 unspecified atom stereocenters. The van der Waals surface area contributed by atoms with Crippen molar-refractivity contribution in [3.8, 4) is 5.75 Å². The molecule has 0 spiro atoms. The second-order valence-corrected chi connectivity index (χ2v) is 5.80. The Hall–Kier alpha value is -1.80. The number of piperidine rings is 1. The first-order chi connectivity index (χ1) is 11.3. The molecule has 1 aromatic carbocycles.